The van der Waals surface area contributed by atoms with Crippen molar-refractivity contribution in [2.45, 2.75) is 0 Å². The van der Waals surface area contributed by atoms with Gasteiger partial charge in [0.1, 0.15) is 12.0 Å². The van der Waals surface area contributed by atoms with Crippen molar-refractivity contribution < 1.29 is 15.0 Å². The van der Waals surface area contributed by atoms with Gasteiger partial charge in [0.2, 0.25) is 4.77 Å². The van der Waals surface area contributed by atoms with E-state index in [9.17, 15) is 15.0 Å². The summed E-state index contributed by atoms with van der Waals surface area (Å²) in [5.41, 5.74) is 5.81. The Balaban J connectivity index is 2.53. The van der Waals surface area contributed by atoms with E-state index in [1.807, 2.05) is 0 Å². The van der Waals surface area contributed by atoms with E-state index in [0.29, 0.717) is 5.56 Å². The van der Waals surface area contributed by atoms with Crippen LogP contribution in [0.25, 0.3) is 11.8 Å². The van der Waals surface area contributed by atoms with Crippen LogP contribution in [0.1, 0.15) is 5.56 Å². The maximum atomic E-state index is 11.4. The maximum Gasteiger partial charge on any atom is 0.267 e. The highest BCUT2D eigenvalue weighted by Gasteiger charge is 2.10. The largest absolute Gasteiger partial charge is 0.504 e. The second-order valence-corrected chi connectivity index (χ2v) is 4.01. The standard InChI is InChI=1S/C11H10N4O3S/c12-10(18)7(15-11(19)13-5-14-15)3-6-1-2-8(16)9(17)4-6/h1-5,16-17H,(H2,12,18)(H,13,14,19). The molecule has 1 amide bonds. The molecule has 2 rings (SSSR count). The molecule has 0 aliphatic heterocycles. The number of nitrogens with two attached hydrogens (primary N) is 1. The highest BCUT2D eigenvalue weighted by molar-refractivity contribution is 7.71. The van der Waals surface area contributed by atoms with Gasteiger partial charge in [-0.2, -0.15) is 0 Å². The van der Waals surface area contributed by atoms with Gasteiger partial charge in [0, 0.05) is 0 Å². The van der Waals surface area contributed by atoms with E-state index in [1.54, 1.807) is 0 Å². The van der Waals surface area contributed by atoms with E-state index in [0.717, 1.165) is 0 Å². The molecular formula is C11H10N4O3S. The van der Waals surface area contributed by atoms with Gasteiger partial charge in [-0.15, -0.1) is 0 Å². The number of hydrogen-bond donors (Lipinski definition) is 4. The third-order valence-corrected chi connectivity index (χ3v) is 2.64. The number of aromatic hydroxyl groups is 2. The van der Waals surface area contributed by atoms with Gasteiger partial charge in [-0.25, -0.2) is 9.67 Å². The normalized spacial score (nSPS) is 11.5. The summed E-state index contributed by atoms with van der Waals surface area (Å²) in [6, 6.07) is 4.10. The third kappa shape index (κ3) is 2.63. The fourth-order valence-electron chi connectivity index (χ4n) is 1.46. The average molecular weight is 278 g/mol. The Morgan fingerprint density at radius 2 is 2.16 bits per heavy atom. The molecule has 0 saturated carbocycles. The molecular weight excluding hydrogens is 268 g/mol. The summed E-state index contributed by atoms with van der Waals surface area (Å²) >= 11 is 4.93. The Morgan fingerprint density at radius 3 is 2.68 bits per heavy atom. The average Bonchev–Trinajstić information content (AvgIpc) is 2.76. The molecule has 5 N–H and O–H groups in total. The van der Waals surface area contributed by atoms with E-state index in [1.165, 1.54) is 35.3 Å². The summed E-state index contributed by atoms with van der Waals surface area (Å²) in [5, 5.41) is 21.3. The number of rotatable bonds is 3. The van der Waals surface area contributed by atoms with Crippen LogP contribution in [-0.2, 0) is 4.79 Å². The summed E-state index contributed by atoms with van der Waals surface area (Å²) < 4.78 is 1.38. The molecule has 1 aromatic carbocycles. The number of aromatic amines is 1. The van der Waals surface area contributed by atoms with Crippen LogP contribution in [0.2, 0.25) is 0 Å². The number of hydrogen-bond acceptors (Lipinski definition) is 5. The number of carbonyl (C=O) groups is 1. The van der Waals surface area contributed by atoms with Gasteiger partial charge < -0.3 is 15.9 Å². The first kappa shape index (κ1) is 12.8. The highest BCUT2D eigenvalue weighted by atomic mass is 32.1. The SMILES string of the molecule is NC(=O)C(=Cc1ccc(O)c(O)c1)n1[nH]cnc1=S. The van der Waals surface area contributed by atoms with Crippen LogP contribution in [0.4, 0.5) is 0 Å². The molecule has 0 spiro atoms. The first-order chi connectivity index (χ1) is 8.99. The number of H-pyrrole nitrogens is 1. The van der Waals surface area contributed by atoms with Crippen LogP contribution in [0.3, 0.4) is 0 Å². The molecule has 1 aromatic heterocycles. The Hall–Kier alpha value is -2.61. The van der Waals surface area contributed by atoms with E-state index in [4.69, 9.17) is 18.0 Å². The minimum atomic E-state index is -0.715. The quantitative estimate of drug-likeness (QED) is 0.377. The predicted molar refractivity (Wildman–Crippen MR) is 70.5 cm³/mol. The molecule has 19 heavy (non-hydrogen) atoms. The number of benzene rings is 1. The number of phenolic OH excluding ortho intramolecular Hbond substituents is 2. The van der Waals surface area contributed by atoms with Crippen LogP contribution in [0.5, 0.6) is 11.5 Å². The highest BCUT2D eigenvalue weighted by Crippen LogP contribution is 2.26. The predicted octanol–water partition coefficient (Wildman–Crippen LogP) is 0.835. The Kier molecular flexibility index (Phi) is 3.34. The van der Waals surface area contributed by atoms with Gasteiger partial charge in [0.25, 0.3) is 5.91 Å². The van der Waals surface area contributed by atoms with Crippen molar-refractivity contribution in [3.05, 3.63) is 34.9 Å². The molecule has 0 aliphatic rings. The lowest BCUT2D eigenvalue weighted by Crippen LogP contribution is -2.18. The van der Waals surface area contributed by atoms with Crippen molar-refractivity contribution in [3.63, 3.8) is 0 Å². The molecule has 2 aromatic rings. The summed E-state index contributed by atoms with van der Waals surface area (Å²) in [6.45, 7) is 0. The van der Waals surface area contributed by atoms with Crippen LogP contribution >= 0.6 is 12.2 Å². The topological polar surface area (TPSA) is 117 Å². The zero-order chi connectivity index (χ0) is 14.0. The van der Waals surface area contributed by atoms with Crippen LogP contribution in [0, 0.1) is 4.77 Å². The number of primary amides is 1. The Labute approximate surface area is 112 Å². The van der Waals surface area contributed by atoms with Crippen molar-refractivity contribution in [2.75, 3.05) is 0 Å². The molecule has 1 heterocycles. The maximum absolute atomic E-state index is 11.4. The third-order valence-electron chi connectivity index (χ3n) is 2.35. The summed E-state index contributed by atoms with van der Waals surface area (Å²) in [7, 11) is 0. The number of nitrogens with one attached hydrogen (secondary N) is 1. The minimum Gasteiger partial charge on any atom is -0.504 e. The zero-order valence-corrected chi connectivity index (χ0v) is 10.4. The lowest BCUT2D eigenvalue weighted by atomic mass is 10.1. The molecule has 0 radical (unpaired) electrons. The van der Waals surface area contributed by atoms with Crippen LogP contribution in [0.15, 0.2) is 24.5 Å². The van der Waals surface area contributed by atoms with Crippen LogP contribution in [-0.4, -0.2) is 30.9 Å². The van der Waals surface area contributed by atoms with Crippen molar-refractivity contribution in [1.82, 2.24) is 14.8 Å². The van der Waals surface area contributed by atoms with E-state index in [2.05, 4.69) is 10.1 Å². The second-order valence-electron chi connectivity index (χ2n) is 3.65. The molecule has 0 fully saturated rings. The van der Waals surface area contributed by atoms with Gasteiger partial charge in [0.15, 0.2) is 11.5 Å². The van der Waals surface area contributed by atoms with Crippen LogP contribution < -0.4 is 5.73 Å². The molecule has 0 bridgehead atoms. The first-order valence-corrected chi connectivity index (χ1v) is 5.56. The molecule has 7 nitrogen and oxygen atoms in total. The second kappa shape index (κ2) is 4.94. The van der Waals surface area contributed by atoms with E-state index in [-0.39, 0.29) is 22.0 Å². The van der Waals surface area contributed by atoms with Crippen molar-refractivity contribution in [3.8, 4) is 11.5 Å². The summed E-state index contributed by atoms with van der Waals surface area (Å²) in [6.07, 6.45) is 2.74. The fraction of sp³-hybridized carbons (Fsp3) is 0. The minimum absolute atomic E-state index is 0.0626. The molecule has 0 saturated heterocycles. The molecule has 98 valence electrons. The molecule has 0 aliphatic carbocycles. The lowest BCUT2D eigenvalue weighted by molar-refractivity contribution is -0.113. The van der Waals surface area contributed by atoms with Crippen molar-refractivity contribution in [1.29, 1.82) is 0 Å². The molecule has 0 atom stereocenters. The van der Waals surface area contributed by atoms with E-state index < -0.39 is 5.91 Å². The van der Waals surface area contributed by atoms with E-state index >= 15 is 0 Å². The number of phenols is 2. The van der Waals surface area contributed by atoms with Crippen molar-refractivity contribution >= 4 is 29.9 Å². The number of amides is 1. The number of aromatic nitrogens is 3. The number of carbonyl (C=O) groups excluding carboxylic acids is 1. The summed E-state index contributed by atoms with van der Waals surface area (Å²) in [4.78, 5) is 15.2. The number of nitrogens with zero attached hydrogens (tertiary/aromatic N) is 2. The monoisotopic (exact) mass is 278 g/mol. The van der Waals surface area contributed by atoms with Gasteiger partial charge in [-0.3, -0.25) is 9.89 Å². The fourth-order valence-corrected chi connectivity index (χ4v) is 1.67. The van der Waals surface area contributed by atoms with Gasteiger partial charge in [-0.05, 0) is 36.0 Å². The summed E-state index contributed by atoms with van der Waals surface area (Å²) in [5.74, 6) is -1.27. The van der Waals surface area contributed by atoms with Gasteiger partial charge >= 0.3 is 0 Å². The zero-order valence-electron chi connectivity index (χ0n) is 9.57. The molecule has 0 unspecified atom stereocenters. The smallest absolute Gasteiger partial charge is 0.267 e. The Bertz CT molecular complexity index is 717. The lowest BCUT2D eigenvalue weighted by Gasteiger charge is -2.05. The first-order valence-electron chi connectivity index (χ1n) is 5.15. The Morgan fingerprint density at radius 1 is 1.42 bits per heavy atom. The van der Waals surface area contributed by atoms with Gasteiger partial charge in [-0.1, -0.05) is 6.07 Å². The van der Waals surface area contributed by atoms with Crippen molar-refractivity contribution in [2.24, 2.45) is 5.73 Å². The van der Waals surface area contributed by atoms with Gasteiger partial charge in [0.05, 0.1) is 0 Å². The molecule has 8 heteroatoms.